The van der Waals surface area contributed by atoms with Crippen molar-refractivity contribution in [2.45, 2.75) is 6.92 Å². The van der Waals surface area contributed by atoms with E-state index in [-0.39, 0.29) is 12.5 Å². The monoisotopic (exact) mass is 503 g/mol. The molecule has 3 aromatic rings. The lowest BCUT2D eigenvalue weighted by Gasteiger charge is -2.26. The molecule has 0 saturated heterocycles. The number of carbonyl (C=O) groups is 3. The van der Waals surface area contributed by atoms with Gasteiger partial charge in [0.1, 0.15) is 5.92 Å². The van der Waals surface area contributed by atoms with Crippen LogP contribution in [0.2, 0.25) is 5.02 Å². The van der Waals surface area contributed by atoms with Gasteiger partial charge in [0.15, 0.2) is 0 Å². The maximum Gasteiger partial charge on any atom is 0.282 e. The number of amides is 3. The van der Waals surface area contributed by atoms with Crippen LogP contribution in [0.5, 0.6) is 0 Å². The Kier molecular flexibility index (Phi) is 6.03. The first kappa shape index (κ1) is 23.7. The number of carbonyl (C=O) groups excluding carboxylic acids is 3. The Balaban J connectivity index is 1.46. The highest BCUT2D eigenvalue weighted by Crippen LogP contribution is 2.36. The third kappa shape index (κ3) is 3.82. The molecule has 1 unspecified atom stereocenters. The molecule has 0 radical (unpaired) electrons. The van der Waals surface area contributed by atoms with Crippen molar-refractivity contribution in [1.82, 2.24) is 5.01 Å². The molecule has 1 N–H and O–H groups in total. The smallest absolute Gasteiger partial charge is 0.282 e. The van der Waals surface area contributed by atoms with E-state index in [0.29, 0.717) is 39.5 Å². The first-order valence-corrected chi connectivity index (χ1v) is 11.6. The number of anilines is 2. The van der Waals surface area contributed by atoms with Crippen LogP contribution in [0.1, 0.15) is 27.6 Å². The number of hydrazone groups is 2. The van der Waals surface area contributed by atoms with Gasteiger partial charge in [-0.3, -0.25) is 14.4 Å². The molecule has 1 atom stereocenters. The van der Waals surface area contributed by atoms with Crippen LogP contribution >= 0.6 is 11.6 Å². The van der Waals surface area contributed by atoms with Gasteiger partial charge in [0.05, 0.1) is 29.1 Å². The van der Waals surface area contributed by atoms with E-state index < -0.39 is 17.7 Å². The van der Waals surface area contributed by atoms with Gasteiger partial charge in [0.25, 0.3) is 17.7 Å². The molecule has 3 amide bonds. The first-order chi connectivity index (χ1) is 17.3. The zero-order chi connectivity index (χ0) is 25.6. The van der Waals surface area contributed by atoms with Gasteiger partial charge in [-0.2, -0.15) is 20.2 Å². The molecule has 3 aromatic carbocycles. The summed E-state index contributed by atoms with van der Waals surface area (Å²) in [5.74, 6) is -2.33. The van der Waals surface area contributed by atoms with Crippen molar-refractivity contribution in [1.29, 1.82) is 0 Å². The van der Waals surface area contributed by atoms with Crippen molar-refractivity contribution in [2.75, 3.05) is 30.1 Å². The highest BCUT2D eigenvalue weighted by atomic mass is 35.5. The van der Waals surface area contributed by atoms with Crippen LogP contribution in [-0.2, 0) is 4.79 Å². The first-order valence-electron chi connectivity index (χ1n) is 11.3. The number of rotatable bonds is 6. The molecular formula is C26H22ClN5O4. The summed E-state index contributed by atoms with van der Waals surface area (Å²) in [5, 5.41) is 21.7. The van der Waals surface area contributed by atoms with E-state index in [1.807, 2.05) is 18.0 Å². The lowest BCUT2D eigenvalue weighted by Crippen LogP contribution is -2.37. The molecule has 0 saturated carbocycles. The minimum atomic E-state index is -0.826. The molecule has 182 valence electrons. The summed E-state index contributed by atoms with van der Waals surface area (Å²) in [7, 11) is 1.83. The third-order valence-electron chi connectivity index (χ3n) is 6.29. The number of hydrogen-bond acceptors (Lipinski definition) is 7. The third-order valence-corrected chi connectivity index (χ3v) is 6.55. The Morgan fingerprint density at radius 3 is 2.44 bits per heavy atom. The van der Waals surface area contributed by atoms with Crippen molar-refractivity contribution in [2.24, 2.45) is 16.1 Å². The minimum Gasteiger partial charge on any atom is -0.395 e. The second-order valence-corrected chi connectivity index (χ2v) is 8.97. The van der Waals surface area contributed by atoms with Crippen molar-refractivity contribution in [3.05, 3.63) is 70.7 Å². The molecule has 5 rings (SSSR count). The lowest BCUT2D eigenvalue weighted by atomic mass is 9.93. The van der Waals surface area contributed by atoms with E-state index in [4.69, 9.17) is 11.6 Å². The highest BCUT2D eigenvalue weighted by molar-refractivity contribution is 6.31. The Morgan fingerprint density at radius 2 is 1.75 bits per heavy atom. The van der Waals surface area contributed by atoms with E-state index in [1.54, 1.807) is 55.5 Å². The molecule has 10 heteroatoms. The van der Waals surface area contributed by atoms with Gasteiger partial charge < -0.3 is 10.0 Å². The molecule has 36 heavy (non-hydrogen) atoms. The fourth-order valence-corrected chi connectivity index (χ4v) is 4.55. The maximum absolute atomic E-state index is 13.3. The fourth-order valence-electron chi connectivity index (χ4n) is 4.43. The quantitative estimate of drug-likeness (QED) is 0.409. The Hall–Kier alpha value is -4.08. The number of likely N-dealkylation sites (N-methyl/N-ethyl adjacent to an activating group) is 1. The summed E-state index contributed by atoms with van der Waals surface area (Å²) < 4.78 is 0. The summed E-state index contributed by atoms with van der Waals surface area (Å²) in [6.45, 7) is 2.06. The molecule has 9 nitrogen and oxygen atoms in total. The zero-order valence-corrected chi connectivity index (χ0v) is 20.3. The van der Waals surface area contributed by atoms with Gasteiger partial charge in [-0.15, -0.1) is 0 Å². The van der Waals surface area contributed by atoms with Crippen LogP contribution in [0, 0.1) is 5.92 Å². The van der Waals surface area contributed by atoms with Crippen molar-refractivity contribution in [3.8, 4) is 0 Å². The van der Waals surface area contributed by atoms with E-state index in [2.05, 4.69) is 10.2 Å². The average molecular weight is 504 g/mol. The number of benzene rings is 3. The summed E-state index contributed by atoms with van der Waals surface area (Å²) >= 11 is 5.94. The molecule has 2 aliphatic rings. The van der Waals surface area contributed by atoms with E-state index in [9.17, 15) is 19.5 Å². The number of aliphatic hydroxyl groups excluding tert-OH is 1. The van der Waals surface area contributed by atoms with E-state index in [1.165, 1.54) is 11.2 Å². The van der Waals surface area contributed by atoms with Crippen LogP contribution < -0.4 is 9.91 Å². The van der Waals surface area contributed by atoms with Crippen LogP contribution in [0.4, 0.5) is 11.4 Å². The van der Waals surface area contributed by atoms with Crippen LogP contribution in [0.15, 0.2) is 64.8 Å². The van der Waals surface area contributed by atoms with Crippen molar-refractivity contribution >= 4 is 63.4 Å². The number of nitrogens with zero attached hydrogens (tertiary/aromatic N) is 5. The molecule has 0 bridgehead atoms. The second kappa shape index (κ2) is 9.18. The molecular weight excluding hydrogens is 482 g/mol. The predicted molar refractivity (Wildman–Crippen MR) is 139 cm³/mol. The minimum absolute atomic E-state index is 0.0299. The average Bonchev–Trinajstić information content (AvgIpc) is 3.15. The highest BCUT2D eigenvalue weighted by Gasteiger charge is 2.36. The molecule has 2 aliphatic heterocycles. The van der Waals surface area contributed by atoms with Gasteiger partial charge in [0.2, 0.25) is 0 Å². The van der Waals surface area contributed by atoms with Gasteiger partial charge >= 0.3 is 0 Å². The van der Waals surface area contributed by atoms with Crippen molar-refractivity contribution < 1.29 is 19.5 Å². The Labute approximate surface area is 211 Å². The Morgan fingerprint density at radius 1 is 1.06 bits per heavy atom. The summed E-state index contributed by atoms with van der Waals surface area (Å²) in [4.78, 5) is 41.5. The van der Waals surface area contributed by atoms with Crippen LogP contribution in [0.3, 0.4) is 0 Å². The molecule has 0 spiro atoms. The number of aliphatic hydroxyl groups is 1. The molecule has 0 fully saturated rings. The SMILES string of the molecule is CC1=NN(c2ccc(Cl)cc2)C(=O)C1C=NN1C(=O)c2cccc3c(N(C)CCO)ccc(c23)C1=O. The summed E-state index contributed by atoms with van der Waals surface area (Å²) in [5.41, 5.74) is 2.50. The molecule has 0 aromatic heterocycles. The summed E-state index contributed by atoms with van der Waals surface area (Å²) in [6, 6.07) is 15.3. The van der Waals surface area contributed by atoms with Crippen LogP contribution in [0.25, 0.3) is 10.8 Å². The molecule has 0 aliphatic carbocycles. The topological polar surface area (TPSA) is 106 Å². The van der Waals surface area contributed by atoms with Crippen molar-refractivity contribution in [3.63, 3.8) is 0 Å². The fraction of sp³-hybridized carbons (Fsp3) is 0.192. The Bertz CT molecular complexity index is 1440. The normalized spacial score (nSPS) is 17.5. The lowest BCUT2D eigenvalue weighted by molar-refractivity contribution is -0.118. The molecule has 2 heterocycles. The van der Waals surface area contributed by atoms with Gasteiger partial charge in [0, 0.05) is 41.3 Å². The summed E-state index contributed by atoms with van der Waals surface area (Å²) in [6.07, 6.45) is 1.28. The second-order valence-electron chi connectivity index (χ2n) is 8.54. The van der Waals surface area contributed by atoms with Crippen LogP contribution in [-0.4, -0.2) is 60.0 Å². The van der Waals surface area contributed by atoms with E-state index >= 15 is 0 Å². The number of halogens is 1. The zero-order valence-electron chi connectivity index (χ0n) is 19.6. The van der Waals surface area contributed by atoms with Gasteiger partial charge in [-0.25, -0.2) is 0 Å². The number of imide groups is 1. The standard InChI is InChI=1S/C26H22ClN5O4/c1-15-21(26(36)31(29-15)17-8-6-16(27)7-9-17)14-28-32-24(34)19-5-3-4-18-22(30(2)12-13-33)11-10-20(23(18)19)25(32)35/h3-11,14,21,33H,12-13H2,1-2H3. The maximum atomic E-state index is 13.3. The number of hydrogen-bond donors (Lipinski definition) is 1. The predicted octanol–water partition coefficient (Wildman–Crippen LogP) is 3.54. The van der Waals surface area contributed by atoms with Gasteiger partial charge in [-0.1, -0.05) is 23.7 Å². The van der Waals surface area contributed by atoms with Gasteiger partial charge in [-0.05, 0) is 49.4 Å². The largest absolute Gasteiger partial charge is 0.395 e. The van der Waals surface area contributed by atoms with E-state index in [0.717, 1.165) is 16.1 Å².